The van der Waals surface area contributed by atoms with Gasteiger partial charge in [-0.25, -0.2) is 13.8 Å². The van der Waals surface area contributed by atoms with E-state index in [1.54, 1.807) is 24.4 Å². The smallest absolute Gasteiger partial charge is 0.301 e. The number of carbonyl (C=O) groups is 1. The molecule has 2 N–H and O–H groups in total. The maximum atomic E-state index is 15.1. The van der Waals surface area contributed by atoms with Crippen LogP contribution in [0.2, 0.25) is 0 Å². The minimum absolute atomic E-state index is 0.169. The molecule has 0 fully saturated rings. The van der Waals surface area contributed by atoms with Crippen molar-refractivity contribution < 1.29 is 22.0 Å². The number of hydrogen-bond acceptors (Lipinski definition) is 4. The van der Waals surface area contributed by atoms with Crippen molar-refractivity contribution in [2.45, 2.75) is 0 Å². The summed E-state index contributed by atoms with van der Waals surface area (Å²) >= 11 is 0. The zero-order valence-electron chi connectivity index (χ0n) is 17.1. The van der Waals surface area contributed by atoms with Crippen LogP contribution in [0, 0.1) is 11.6 Å². The summed E-state index contributed by atoms with van der Waals surface area (Å²) in [5, 5.41) is 0.454. The minimum Gasteiger partial charge on any atom is -0.345 e. The Bertz CT molecular complexity index is 1430. The summed E-state index contributed by atoms with van der Waals surface area (Å²) in [6, 6.07) is 11.4. The second-order valence-corrected chi connectivity index (χ2v) is 9.10. The number of rotatable bonds is 6. The molecule has 10 heteroatoms. The van der Waals surface area contributed by atoms with Crippen molar-refractivity contribution in [1.82, 2.24) is 14.3 Å². The minimum atomic E-state index is -3.95. The monoisotopic (exact) mass is 456 g/mol. The van der Waals surface area contributed by atoms with Crippen LogP contribution in [-0.2, 0) is 10.2 Å². The fourth-order valence-electron chi connectivity index (χ4n) is 3.15. The van der Waals surface area contributed by atoms with Crippen LogP contribution in [0.3, 0.4) is 0 Å². The van der Waals surface area contributed by atoms with E-state index in [1.165, 1.54) is 50.6 Å². The number of nitrogens with zero attached hydrogens (tertiary/aromatic N) is 2. The molecule has 2 aromatic carbocycles. The molecule has 0 unspecified atom stereocenters. The van der Waals surface area contributed by atoms with E-state index in [0.29, 0.717) is 22.2 Å². The standard InChI is InChI=1S/C22H18F2N4O3S/c1-28(2)32(30,31)27-19-5-3-4-16(20(19)24)21(29)18-12-26-22-17(18)10-14(11-25-22)13-6-8-15(23)9-7-13/h3-12,27H,1-2H3,(H,25,26). The molecule has 2 aromatic heterocycles. The zero-order chi connectivity index (χ0) is 23.0. The average Bonchev–Trinajstić information content (AvgIpc) is 3.18. The number of ketones is 1. The summed E-state index contributed by atoms with van der Waals surface area (Å²) in [5.74, 6) is -2.00. The highest BCUT2D eigenvalue weighted by molar-refractivity contribution is 7.90. The van der Waals surface area contributed by atoms with Crippen LogP contribution in [0.25, 0.3) is 22.2 Å². The molecule has 0 aliphatic rings. The van der Waals surface area contributed by atoms with Crippen molar-refractivity contribution >= 4 is 32.7 Å². The molecule has 0 saturated heterocycles. The molecule has 0 amide bonds. The fraction of sp³-hybridized carbons (Fsp3) is 0.0909. The van der Waals surface area contributed by atoms with E-state index in [0.717, 1.165) is 4.31 Å². The first-order valence-corrected chi connectivity index (χ1v) is 10.9. The second-order valence-electron chi connectivity index (χ2n) is 7.22. The summed E-state index contributed by atoms with van der Waals surface area (Å²) in [7, 11) is -1.36. The Kier molecular flexibility index (Phi) is 5.49. The van der Waals surface area contributed by atoms with Crippen molar-refractivity contribution in [3.05, 3.63) is 83.7 Å². The first-order valence-electron chi connectivity index (χ1n) is 9.44. The van der Waals surface area contributed by atoms with Gasteiger partial charge in [0.25, 0.3) is 0 Å². The number of hydrogen-bond donors (Lipinski definition) is 2. The maximum absolute atomic E-state index is 15.1. The Morgan fingerprint density at radius 3 is 2.44 bits per heavy atom. The second kappa shape index (κ2) is 8.13. The Balaban J connectivity index is 1.75. The van der Waals surface area contributed by atoms with Gasteiger partial charge >= 0.3 is 10.2 Å². The van der Waals surface area contributed by atoms with Crippen LogP contribution in [0.4, 0.5) is 14.5 Å². The molecule has 0 spiro atoms. The molecule has 7 nitrogen and oxygen atoms in total. The summed E-state index contributed by atoms with van der Waals surface area (Å²) < 4.78 is 55.4. The third kappa shape index (κ3) is 3.97. The largest absolute Gasteiger partial charge is 0.345 e. The van der Waals surface area contributed by atoms with Gasteiger partial charge in [0.15, 0.2) is 11.6 Å². The lowest BCUT2D eigenvalue weighted by Gasteiger charge is -2.14. The molecule has 0 saturated carbocycles. The summed E-state index contributed by atoms with van der Waals surface area (Å²) in [6.07, 6.45) is 3.00. The number of nitrogens with one attached hydrogen (secondary N) is 2. The molecule has 164 valence electrons. The molecule has 0 radical (unpaired) electrons. The highest BCUT2D eigenvalue weighted by atomic mass is 32.2. The lowest BCUT2D eigenvalue weighted by Crippen LogP contribution is -2.29. The van der Waals surface area contributed by atoms with Crippen LogP contribution < -0.4 is 4.72 Å². The number of anilines is 1. The predicted octanol–water partition coefficient (Wildman–Crippen LogP) is 3.96. The third-order valence-corrected chi connectivity index (χ3v) is 6.36. The molecular weight excluding hydrogens is 438 g/mol. The van der Waals surface area contributed by atoms with Crippen LogP contribution in [0.1, 0.15) is 15.9 Å². The molecule has 32 heavy (non-hydrogen) atoms. The van der Waals surface area contributed by atoms with E-state index < -0.39 is 21.8 Å². The van der Waals surface area contributed by atoms with Crippen molar-refractivity contribution in [3.63, 3.8) is 0 Å². The van der Waals surface area contributed by atoms with Crippen LogP contribution >= 0.6 is 0 Å². The number of benzene rings is 2. The normalized spacial score (nSPS) is 11.8. The molecule has 4 aromatic rings. The zero-order valence-corrected chi connectivity index (χ0v) is 17.9. The molecule has 4 rings (SSSR count). The van der Waals surface area contributed by atoms with Crippen LogP contribution in [0.5, 0.6) is 0 Å². The molecule has 2 heterocycles. The average molecular weight is 456 g/mol. The number of fused-ring (bicyclic) bond motifs is 1. The van der Waals surface area contributed by atoms with Gasteiger partial charge in [0.2, 0.25) is 0 Å². The first-order chi connectivity index (χ1) is 15.2. The van der Waals surface area contributed by atoms with Crippen LogP contribution in [-0.4, -0.2) is 42.6 Å². The predicted molar refractivity (Wildman–Crippen MR) is 118 cm³/mol. The van der Waals surface area contributed by atoms with E-state index in [-0.39, 0.29) is 22.6 Å². The third-order valence-electron chi connectivity index (χ3n) is 4.92. The van der Waals surface area contributed by atoms with E-state index in [4.69, 9.17) is 0 Å². The maximum Gasteiger partial charge on any atom is 0.301 e. The van der Waals surface area contributed by atoms with E-state index >= 15 is 4.39 Å². The molecule has 0 aliphatic carbocycles. The molecule has 0 aliphatic heterocycles. The van der Waals surface area contributed by atoms with E-state index in [9.17, 15) is 17.6 Å². The Morgan fingerprint density at radius 1 is 1.03 bits per heavy atom. The number of pyridine rings is 1. The van der Waals surface area contributed by atoms with Gasteiger partial charge in [-0.3, -0.25) is 9.52 Å². The van der Waals surface area contributed by atoms with Gasteiger partial charge in [-0.2, -0.15) is 12.7 Å². The Labute approximate surface area is 182 Å². The molecule has 0 atom stereocenters. The van der Waals surface area contributed by atoms with Crippen molar-refractivity contribution in [1.29, 1.82) is 0 Å². The van der Waals surface area contributed by atoms with Crippen molar-refractivity contribution in [2.24, 2.45) is 0 Å². The van der Waals surface area contributed by atoms with Gasteiger partial charge in [0, 0.05) is 43.0 Å². The summed E-state index contributed by atoms with van der Waals surface area (Å²) in [5.41, 5.74) is 1.31. The molecule has 0 bridgehead atoms. The number of carbonyl (C=O) groups excluding carboxylic acids is 1. The van der Waals surface area contributed by atoms with E-state index in [2.05, 4.69) is 14.7 Å². The highest BCUT2D eigenvalue weighted by Gasteiger charge is 2.23. The number of aromatic nitrogens is 2. The summed E-state index contributed by atoms with van der Waals surface area (Å²) in [4.78, 5) is 20.3. The lowest BCUT2D eigenvalue weighted by molar-refractivity contribution is 0.103. The Morgan fingerprint density at radius 2 is 1.75 bits per heavy atom. The number of H-pyrrole nitrogens is 1. The van der Waals surface area contributed by atoms with E-state index in [1.807, 2.05) is 0 Å². The van der Waals surface area contributed by atoms with Gasteiger partial charge in [-0.05, 0) is 35.9 Å². The van der Waals surface area contributed by atoms with Gasteiger partial charge in [-0.15, -0.1) is 0 Å². The van der Waals surface area contributed by atoms with Gasteiger partial charge < -0.3 is 4.98 Å². The van der Waals surface area contributed by atoms with Crippen molar-refractivity contribution in [3.8, 4) is 11.1 Å². The lowest BCUT2D eigenvalue weighted by atomic mass is 10.0. The number of halogens is 2. The fourth-order valence-corrected chi connectivity index (χ4v) is 3.77. The SMILES string of the molecule is CN(C)S(=O)(=O)Nc1cccc(C(=O)c2c[nH]c3ncc(-c4ccc(F)cc4)cc23)c1F. The van der Waals surface area contributed by atoms with Gasteiger partial charge in [0.05, 0.1) is 11.3 Å². The van der Waals surface area contributed by atoms with Crippen molar-refractivity contribution in [2.75, 3.05) is 18.8 Å². The van der Waals surface area contributed by atoms with Gasteiger partial charge in [-0.1, -0.05) is 18.2 Å². The van der Waals surface area contributed by atoms with Gasteiger partial charge in [0.1, 0.15) is 11.5 Å². The topological polar surface area (TPSA) is 95.2 Å². The highest BCUT2D eigenvalue weighted by Crippen LogP contribution is 2.28. The summed E-state index contributed by atoms with van der Waals surface area (Å²) in [6.45, 7) is 0. The number of aromatic amines is 1. The first kappa shape index (κ1) is 21.6. The molecular formula is C22H18F2N4O3S. The Hall–Kier alpha value is -3.63. The van der Waals surface area contributed by atoms with Crippen LogP contribution in [0.15, 0.2) is 60.9 Å². The quantitative estimate of drug-likeness (QED) is 0.430.